The molecule has 0 aliphatic rings. The highest BCUT2D eigenvalue weighted by atomic mass is 32.2. The number of sulfonamides is 1. The van der Waals surface area contributed by atoms with Gasteiger partial charge in [-0.05, 0) is 30.9 Å². The van der Waals surface area contributed by atoms with Crippen LogP contribution in [0.4, 0.5) is 4.39 Å². The monoisotopic (exact) mass is 334 g/mol. The molecule has 0 saturated carbocycles. The largest absolute Gasteiger partial charge is 0.310 e. The van der Waals surface area contributed by atoms with E-state index in [0.29, 0.717) is 12.3 Å². The van der Waals surface area contributed by atoms with E-state index in [1.54, 1.807) is 13.0 Å². The van der Waals surface area contributed by atoms with Crippen LogP contribution in [0.5, 0.6) is 0 Å². The lowest BCUT2D eigenvalue weighted by Gasteiger charge is -2.14. The quantitative estimate of drug-likeness (QED) is 0.766. The molecule has 0 fully saturated rings. The van der Waals surface area contributed by atoms with Crippen LogP contribution < -0.4 is 10.0 Å². The molecule has 4 nitrogen and oxygen atoms in total. The van der Waals surface area contributed by atoms with Crippen molar-refractivity contribution in [3.05, 3.63) is 29.6 Å². The molecule has 0 aliphatic heterocycles. The lowest BCUT2D eigenvalue weighted by atomic mass is 10.2. The average molecular weight is 334 g/mol. The van der Waals surface area contributed by atoms with E-state index in [-0.39, 0.29) is 17.0 Å². The van der Waals surface area contributed by atoms with Gasteiger partial charge in [0, 0.05) is 24.4 Å². The van der Waals surface area contributed by atoms with Crippen LogP contribution in [0.1, 0.15) is 26.3 Å². The molecule has 120 valence electrons. The van der Waals surface area contributed by atoms with Crippen molar-refractivity contribution in [3.63, 3.8) is 0 Å². The van der Waals surface area contributed by atoms with E-state index in [0.717, 1.165) is 5.56 Å². The van der Waals surface area contributed by atoms with Crippen LogP contribution in [0.3, 0.4) is 0 Å². The van der Waals surface area contributed by atoms with Crippen LogP contribution in [0.25, 0.3) is 0 Å². The Morgan fingerprint density at radius 1 is 1.29 bits per heavy atom. The zero-order chi connectivity index (χ0) is 16.0. The number of benzene rings is 1. The molecule has 1 aromatic rings. The molecule has 0 spiro atoms. The molecule has 1 aromatic carbocycles. The van der Waals surface area contributed by atoms with Crippen molar-refractivity contribution in [1.82, 2.24) is 10.0 Å². The Labute approximate surface area is 131 Å². The van der Waals surface area contributed by atoms with Gasteiger partial charge in [-0.2, -0.15) is 11.8 Å². The molecule has 2 N–H and O–H groups in total. The van der Waals surface area contributed by atoms with Crippen molar-refractivity contribution in [2.45, 2.75) is 44.3 Å². The van der Waals surface area contributed by atoms with Gasteiger partial charge in [0.15, 0.2) is 0 Å². The highest BCUT2D eigenvalue weighted by Gasteiger charge is 2.21. The van der Waals surface area contributed by atoms with Gasteiger partial charge in [0.1, 0.15) is 10.7 Å². The van der Waals surface area contributed by atoms with E-state index in [2.05, 4.69) is 10.0 Å². The highest BCUT2D eigenvalue weighted by molar-refractivity contribution is 7.98. The maximum atomic E-state index is 14.1. The van der Waals surface area contributed by atoms with E-state index in [9.17, 15) is 12.8 Å². The van der Waals surface area contributed by atoms with Gasteiger partial charge in [0.2, 0.25) is 10.0 Å². The molecule has 1 atom stereocenters. The molecule has 1 unspecified atom stereocenters. The SMILES string of the molecule is CSCC(C)NS(=O)(=O)c1ccc(CNC(C)C)cc1F. The lowest BCUT2D eigenvalue weighted by Crippen LogP contribution is -2.34. The van der Waals surface area contributed by atoms with Gasteiger partial charge < -0.3 is 5.32 Å². The Morgan fingerprint density at radius 2 is 1.95 bits per heavy atom. The third-order valence-electron chi connectivity index (χ3n) is 2.77. The van der Waals surface area contributed by atoms with Crippen LogP contribution in [-0.4, -0.2) is 32.5 Å². The van der Waals surface area contributed by atoms with Crippen LogP contribution in [0.2, 0.25) is 0 Å². The van der Waals surface area contributed by atoms with Gasteiger partial charge in [-0.25, -0.2) is 17.5 Å². The van der Waals surface area contributed by atoms with E-state index in [1.165, 1.54) is 23.9 Å². The summed E-state index contributed by atoms with van der Waals surface area (Å²) in [5, 5.41) is 3.16. The van der Waals surface area contributed by atoms with Crippen molar-refractivity contribution in [2.24, 2.45) is 0 Å². The summed E-state index contributed by atoms with van der Waals surface area (Å²) in [5.74, 6) is -0.0843. The molecular weight excluding hydrogens is 311 g/mol. The van der Waals surface area contributed by atoms with E-state index < -0.39 is 15.8 Å². The first-order chi connectivity index (χ1) is 9.76. The molecule has 0 heterocycles. The molecule has 1 rings (SSSR count). The second kappa shape index (κ2) is 8.12. The fraction of sp³-hybridized carbons (Fsp3) is 0.571. The van der Waals surface area contributed by atoms with Crippen molar-refractivity contribution >= 4 is 21.8 Å². The maximum absolute atomic E-state index is 14.1. The molecule has 0 aliphatic carbocycles. The minimum absolute atomic E-state index is 0.244. The number of hydrogen-bond acceptors (Lipinski definition) is 4. The van der Waals surface area contributed by atoms with Crippen molar-refractivity contribution < 1.29 is 12.8 Å². The second-order valence-electron chi connectivity index (χ2n) is 5.28. The molecule has 0 bridgehead atoms. The number of thioether (sulfide) groups is 1. The van der Waals surface area contributed by atoms with Crippen LogP contribution in [0, 0.1) is 5.82 Å². The second-order valence-corrected chi connectivity index (χ2v) is 7.87. The van der Waals surface area contributed by atoms with Gasteiger partial charge in [0.25, 0.3) is 0 Å². The van der Waals surface area contributed by atoms with Gasteiger partial charge in [-0.15, -0.1) is 0 Å². The fourth-order valence-electron chi connectivity index (χ4n) is 1.81. The summed E-state index contributed by atoms with van der Waals surface area (Å²) in [7, 11) is -3.82. The van der Waals surface area contributed by atoms with Crippen LogP contribution >= 0.6 is 11.8 Å². The number of halogens is 1. The molecule has 0 amide bonds. The standard InChI is InChI=1S/C14H23FN2O2S2/c1-10(2)16-8-12-5-6-14(13(15)7-12)21(18,19)17-11(3)9-20-4/h5-7,10-11,16-17H,8-9H2,1-4H3. The summed E-state index contributed by atoms with van der Waals surface area (Å²) in [6.45, 7) is 6.25. The summed E-state index contributed by atoms with van der Waals surface area (Å²) >= 11 is 1.53. The number of nitrogens with one attached hydrogen (secondary N) is 2. The first kappa shape index (κ1) is 18.4. The van der Waals surface area contributed by atoms with E-state index in [4.69, 9.17) is 0 Å². The Kier molecular flexibility index (Phi) is 7.12. The Bertz CT molecular complexity index is 562. The average Bonchev–Trinajstić information content (AvgIpc) is 2.35. The van der Waals surface area contributed by atoms with Gasteiger partial charge in [-0.1, -0.05) is 19.9 Å². The minimum atomic E-state index is -3.82. The summed E-state index contributed by atoms with van der Waals surface area (Å²) in [4.78, 5) is -0.302. The fourth-order valence-corrected chi connectivity index (χ4v) is 3.80. The van der Waals surface area contributed by atoms with Gasteiger partial charge in [0.05, 0.1) is 0 Å². The zero-order valence-electron chi connectivity index (χ0n) is 12.8. The van der Waals surface area contributed by atoms with Crippen LogP contribution in [0.15, 0.2) is 23.1 Å². The van der Waals surface area contributed by atoms with Crippen molar-refractivity contribution in [1.29, 1.82) is 0 Å². The Hall–Kier alpha value is -0.630. The normalized spacial score (nSPS) is 13.6. The predicted molar refractivity (Wildman–Crippen MR) is 86.5 cm³/mol. The molecule has 21 heavy (non-hydrogen) atoms. The highest BCUT2D eigenvalue weighted by Crippen LogP contribution is 2.17. The third kappa shape index (κ3) is 5.94. The first-order valence-electron chi connectivity index (χ1n) is 6.79. The minimum Gasteiger partial charge on any atom is -0.310 e. The molecule has 0 saturated heterocycles. The van der Waals surface area contributed by atoms with Crippen molar-refractivity contribution in [3.8, 4) is 0 Å². The van der Waals surface area contributed by atoms with E-state index >= 15 is 0 Å². The predicted octanol–water partition coefficient (Wildman–Crippen LogP) is 2.35. The Morgan fingerprint density at radius 3 is 2.48 bits per heavy atom. The van der Waals surface area contributed by atoms with Crippen LogP contribution in [-0.2, 0) is 16.6 Å². The summed E-state index contributed by atoms with van der Waals surface area (Å²) in [6.07, 6.45) is 1.89. The summed E-state index contributed by atoms with van der Waals surface area (Å²) in [5.41, 5.74) is 0.720. The molecule has 0 aromatic heterocycles. The molecular formula is C14H23FN2O2S2. The Balaban J connectivity index is 2.88. The smallest absolute Gasteiger partial charge is 0.243 e. The number of rotatable bonds is 8. The third-order valence-corrected chi connectivity index (χ3v) is 5.23. The zero-order valence-corrected chi connectivity index (χ0v) is 14.4. The molecule has 7 heteroatoms. The van der Waals surface area contributed by atoms with Crippen molar-refractivity contribution in [2.75, 3.05) is 12.0 Å². The first-order valence-corrected chi connectivity index (χ1v) is 9.67. The van der Waals surface area contributed by atoms with E-state index in [1.807, 2.05) is 20.1 Å². The number of hydrogen-bond donors (Lipinski definition) is 2. The summed E-state index contributed by atoms with van der Waals surface area (Å²) < 4.78 is 40.8. The maximum Gasteiger partial charge on any atom is 0.243 e. The topological polar surface area (TPSA) is 58.2 Å². The van der Waals surface area contributed by atoms with Gasteiger partial charge >= 0.3 is 0 Å². The summed E-state index contributed by atoms with van der Waals surface area (Å²) in [6, 6.07) is 4.26. The van der Waals surface area contributed by atoms with Gasteiger partial charge in [-0.3, -0.25) is 0 Å². The molecule has 0 radical (unpaired) electrons. The lowest BCUT2D eigenvalue weighted by molar-refractivity contribution is 0.545.